The van der Waals surface area contributed by atoms with Crippen molar-refractivity contribution in [3.63, 3.8) is 0 Å². The summed E-state index contributed by atoms with van der Waals surface area (Å²) in [6.45, 7) is 2.73. The van der Waals surface area contributed by atoms with Crippen LogP contribution in [0.25, 0.3) is 21.6 Å². The molecule has 2 aliphatic rings. The third-order valence-corrected chi connectivity index (χ3v) is 4.78. The summed E-state index contributed by atoms with van der Waals surface area (Å²) >= 11 is 0. The van der Waals surface area contributed by atoms with E-state index in [0.29, 0.717) is 0 Å². The van der Waals surface area contributed by atoms with Crippen LogP contribution >= 0.6 is 0 Å². The van der Waals surface area contributed by atoms with Gasteiger partial charge in [-0.2, -0.15) is 0 Å². The molecule has 0 radical (unpaired) electrons. The van der Waals surface area contributed by atoms with Crippen molar-refractivity contribution in [2.45, 2.75) is 50.6 Å². The number of fused-ring (bicyclic) bond motifs is 2. The summed E-state index contributed by atoms with van der Waals surface area (Å²) in [6.07, 6.45) is -4.52. The van der Waals surface area contributed by atoms with Crippen molar-refractivity contribution in [1.29, 1.82) is 0 Å². The molecule has 0 unspecified atom stereocenters. The Kier molecular flexibility index (Phi) is 5.35. The minimum Gasteiger partial charge on any atom is -0.362 e. The zero-order valence-corrected chi connectivity index (χ0v) is 16.7. The Morgan fingerprint density at radius 2 is 2.13 bits per heavy atom. The van der Waals surface area contributed by atoms with Crippen molar-refractivity contribution < 1.29 is 27.8 Å². The summed E-state index contributed by atoms with van der Waals surface area (Å²) in [5.41, 5.74) is 9.04. The van der Waals surface area contributed by atoms with Crippen molar-refractivity contribution in [3.05, 3.63) is 16.8 Å². The van der Waals surface area contributed by atoms with Gasteiger partial charge in [-0.3, -0.25) is 9.36 Å². The maximum absolute atomic E-state index is 12.7. The molecule has 2 saturated heterocycles. The Balaban J connectivity index is 1.78. The molecule has 2 aromatic rings. The average molecular weight is 439 g/mol. The van der Waals surface area contributed by atoms with E-state index in [1.54, 1.807) is 13.8 Å². The number of carbonyl (C=O) groups is 1. The number of amides is 1. The Labute approximate surface area is 173 Å². The molecule has 2 N–H and O–H groups in total. The second-order valence-corrected chi connectivity index (χ2v) is 7.28. The van der Waals surface area contributed by atoms with Gasteiger partial charge in [0.25, 0.3) is 12.3 Å². The van der Waals surface area contributed by atoms with Gasteiger partial charge in [-0.1, -0.05) is 0 Å². The first-order valence-corrected chi connectivity index (χ1v) is 9.28. The highest BCUT2D eigenvalue weighted by Crippen LogP contribution is 2.44. The van der Waals surface area contributed by atoms with E-state index in [4.69, 9.17) is 19.7 Å². The number of imidazole rings is 1. The zero-order chi connectivity index (χ0) is 22.3. The van der Waals surface area contributed by atoms with Gasteiger partial charge in [0.1, 0.15) is 12.2 Å². The molecule has 13 nitrogen and oxygen atoms in total. The number of halogens is 2. The minimum atomic E-state index is -2.64. The highest BCUT2D eigenvalue weighted by Gasteiger charge is 2.58. The third kappa shape index (κ3) is 3.83. The predicted molar refractivity (Wildman–Crippen MR) is 100 cm³/mol. The third-order valence-electron chi connectivity index (χ3n) is 4.78. The average Bonchev–Trinajstić information content (AvgIpc) is 3.36. The van der Waals surface area contributed by atoms with Gasteiger partial charge in [0, 0.05) is 12.0 Å². The molecular weight excluding hydrogens is 420 g/mol. The molecule has 0 aromatic carbocycles. The SMILES string of the molecule is CNC(=O)[C@H]1O[C@@H](n2cnc3c(NCC(F)F)nc(N=[N+]=[N-])nc32)[C@@H]2OC(C)(C)O[C@@H]21. The van der Waals surface area contributed by atoms with Crippen LogP contribution in [0.3, 0.4) is 0 Å². The topological polar surface area (TPSA) is 161 Å². The van der Waals surface area contributed by atoms with Gasteiger partial charge in [0.15, 0.2) is 35.1 Å². The van der Waals surface area contributed by atoms with Crippen LogP contribution in [0.2, 0.25) is 0 Å². The lowest BCUT2D eigenvalue weighted by Crippen LogP contribution is -2.41. The molecule has 0 aliphatic carbocycles. The van der Waals surface area contributed by atoms with E-state index in [2.05, 4.69) is 35.6 Å². The van der Waals surface area contributed by atoms with E-state index < -0.39 is 49.2 Å². The molecule has 31 heavy (non-hydrogen) atoms. The fourth-order valence-electron chi connectivity index (χ4n) is 3.63. The first-order valence-electron chi connectivity index (χ1n) is 9.28. The maximum atomic E-state index is 12.7. The number of nitrogens with zero attached hydrogens (tertiary/aromatic N) is 7. The monoisotopic (exact) mass is 439 g/mol. The van der Waals surface area contributed by atoms with Gasteiger partial charge in [0.2, 0.25) is 5.95 Å². The van der Waals surface area contributed by atoms with Gasteiger partial charge < -0.3 is 24.8 Å². The highest BCUT2D eigenvalue weighted by molar-refractivity contribution is 5.84. The second-order valence-electron chi connectivity index (χ2n) is 7.28. The van der Waals surface area contributed by atoms with Crippen LogP contribution in [0.15, 0.2) is 11.4 Å². The molecule has 1 amide bonds. The Morgan fingerprint density at radius 1 is 1.39 bits per heavy atom. The second kappa shape index (κ2) is 7.85. The number of carbonyl (C=O) groups excluding carboxylic acids is 1. The normalized spacial score (nSPS) is 26.6. The molecule has 4 heterocycles. The Morgan fingerprint density at radius 3 is 2.81 bits per heavy atom. The van der Waals surface area contributed by atoms with E-state index in [-0.39, 0.29) is 22.9 Å². The van der Waals surface area contributed by atoms with Gasteiger partial charge in [0.05, 0.1) is 12.9 Å². The number of likely N-dealkylation sites (N-methyl/N-ethyl adjacent to an activating group) is 1. The van der Waals surface area contributed by atoms with E-state index in [9.17, 15) is 13.6 Å². The summed E-state index contributed by atoms with van der Waals surface area (Å²) in [5, 5.41) is 8.36. The van der Waals surface area contributed by atoms with Crippen LogP contribution in [-0.2, 0) is 19.0 Å². The first kappa shape index (κ1) is 21.1. The lowest BCUT2D eigenvalue weighted by atomic mass is 10.1. The number of anilines is 1. The van der Waals surface area contributed by atoms with Gasteiger partial charge >= 0.3 is 0 Å². The van der Waals surface area contributed by atoms with E-state index in [1.165, 1.54) is 17.9 Å². The van der Waals surface area contributed by atoms with Crippen LogP contribution in [0.1, 0.15) is 20.1 Å². The van der Waals surface area contributed by atoms with Gasteiger partial charge in [-0.15, -0.1) is 0 Å². The summed E-state index contributed by atoms with van der Waals surface area (Å²) in [5.74, 6) is -1.69. The first-order chi connectivity index (χ1) is 14.7. The predicted octanol–water partition coefficient (Wildman–Crippen LogP) is 1.61. The molecule has 15 heteroatoms. The quantitative estimate of drug-likeness (QED) is 0.390. The van der Waals surface area contributed by atoms with E-state index in [0.717, 1.165) is 0 Å². The maximum Gasteiger partial charge on any atom is 0.255 e. The Hall–Kier alpha value is -3.13. The van der Waals surface area contributed by atoms with Gasteiger partial charge in [-0.05, 0) is 24.5 Å². The van der Waals surface area contributed by atoms with Crippen LogP contribution in [0.4, 0.5) is 20.5 Å². The summed E-state index contributed by atoms with van der Waals surface area (Å²) in [7, 11) is 1.47. The summed E-state index contributed by atoms with van der Waals surface area (Å²) < 4.78 is 44.6. The molecule has 2 fully saturated rings. The van der Waals surface area contributed by atoms with Crippen molar-refractivity contribution in [2.75, 3.05) is 18.9 Å². The number of rotatable bonds is 6. The fourth-order valence-corrected chi connectivity index (χ4v) is 3.63. The molecule has 4 atom stereocenters. The zero-order valence-electron chi connectivity index (χ0n) is 16.7. The lowest BCUT2D eigenvalue weighted by molar-refractivity contribution is -0.197. The van der Waals surface area contributed by atoms with Crippen LogP contribution in [-0.4, -0.2) is 69.5 Å². The number of hydrogen-bond donors (Lipinski definition) is 2. The number of alkyl halides is 2. The number of hydrogen-bond acceptors (Lipinski definition) is 9. The highest BCUT2D eigenvalue weighted by atomic mass is 19.3. The molecule has 0 saturated carbocycles. The number of aromatic nitrogens is 4. The summed E-state index contributed by atoms with van der Waals surface area (Å²) in [6, 6.07) is 0. The Bertz CT molecular complexity index is 1060. The van der Waals surface area contributed by atoms with Crippen molar-refractivity contribution in [3.8, 4) is 0 Å². The number of azide groups is 1. The van der Waals surface area contributed by atoms with Crippen molar-refractivity contribution in [1.82, 2.24) is 24.8 Å². The molecule has 0 spiro atoms. The van der Waals surface area contributed by atoms with Gasteiger partial charge in [-0.25, -0.2) is 23.7 Å². The van der Waals surface area contributed by atoms with E-state index >= 15 is 0 Å². The van der Waals surface area contributed by atoms with Crippen LogP contribution < -0.4 is 10.6 Å². The fraction of sp³-hybridized carbons (Fsp3) is 0.625. The smallest absolute Gasteiger partial charge is 0.255 e. The molecule has 0 bridgehead atoms. The number of ether oxygens (including phenoxy) is 3. The molecule has 2 aliphatic heterocycles. The molecular formula is C16H19F2N9O4. The minimum absolute atomic E-state index is 0.0345. The largest absolute Gasteiger partial charge is 0.362 e. The van der Waals surface area contributed by atoms with E-state index in [1.807, 2.05) is 0 Å². The number of nitrogens with one attached hydrogen (secondary N) is 2. The summed E-state index contributed by atoms with van der Waals surface area (Å²) in [4.78, 5) is 27.3. The van der Waals surface area contributed by atoms with Crippen molar-refractivity contribution in [2.24, 2.45) is 5.11 Å². The molecule has 166 valence electrons. The van der Waals surface area contributed by atoms with Crippen LogP contribution in [0, 0.1) is 0 Å². The molecule has 4 rings (SSSR count). The standard InChI is InChI=1S/C16H19F2N9O4/c1-16(2)30-8-9(13(28)20-3)29-14(10(8)31-16)27-5-22-7-11(21-4-6(17)18)23-15(25-26-19)24-12(7)27/h5-6,8-10,14H,4H2,1-3H3,(H,20,28)(H,21,23,24)/t8-,9+,10-,14-/m1/s1. The van der Waals surface area contributed by atoms with Crippen molar-refractivity contribution >= 4 is 28.8 Å². The molecule has 2 aromatic heterocycles. The van der Waals surface area contributed by atoms with Crippen LogP contribution in [0.5, 0.6) is 0 Å². The lowest BCUT2D eigenvalue weighted by Gasteiger charge is -2.24.